The predicted molar refractivity (Wildman–Crippen MR) is 86.0 cm³/mol. The summed E-state index contributed by atoms with van der Waals surface area (Å²) in [6.07, 6.45) is 1.43. The molecule has 2 rings (SSSR count). The van der Waals surface area contributed by atoms with Crippen LogP contribution >= 0.6 is 34.7 Å². The van der Waals surface area contributed by atoms with Gasteiger partial charge in [-0.2, -0.15) is 0 Å². The van der Waals surface area contributed by atoms with Crippen LogP contribution in [0.25, 0.3) is 0 Å². The van der Waals surface area contributed by atoms with E-state index in [9.17, 15) is 9.59 Å². The van der Waals surface area contributed by atoms with Crippen molar-refractivity contribution in [3.8, 4) is 0 Å². The van der Waals surface area contributed by atoms with Gasteiger partial charge in [0.05, 0.1) is 16.6 Å². The molecule has 8 heteroatoms. The van der Waals surface area contributed by atoms with Gasteiger partial charge in [-0.3, -0.25) is 9.59 Å². The molecule has 0 saturated carbocycles. The summed E-state index contributed by atoms with van der Waals surface area (Å²) in [6.45, 7) is 3.10. The van der Waals surface area contributed by atoms with Gasteiger partial charge in [0.15, 0.2) is 5.16 Å². The van der Waals surface area contributed by atoms with Crippen molar-refractivity contribution in [2.45, 2.75) is 18.6 Å². The van der Waals surface area contributed by atoms with E-state index in [2.05, 4.69) is 9.97 Å². The number of carbonyl (C=O) groups is 1. The van der Waals surface area contributed by atoms with Crippen LogP contribution in [-0.2, 0) is 11.3 Å². The van der Waals surface area contributed by atoms with Gasteiger partial charge < -0.3 is 9.88 Å². The first-order chi connectivity index (χ1) is 10.1. The lowest BCUT2D eigenvalue weighted by Gasteiger charge is -2.19. The summed E-state index contributed by atoms with van der Waals surface area (Å²) in [5, 5.41) is 0.450. The van der Waals surface area contributed by atoms with Crippen LogP contribution in [0.5, 0.6) is 0 Å². The minimum atomic E-state index is -0.222. The molecule has 1 amide bonds. The Morgan fingerprint density at radius 1 is 1.48 bits per heavy atom. The maximum atomic E-state index is 12.2. The van der Waals surface area contributed by atoms with E-state index in [0.717, 1.165) is 4.88 Å². The number of H-pyrrole nitrogens is 1. The summed E-state index contributed by atoms with van der Waals surface area (Å²) in [4.78, 5) is 32.7. The minimum absolute atomic E-state index is 0.00137. The Labute approximate surface area is 135 Å². The fourth-order valence-corrected chi connectivity index (χ4v) is 3.50. The number of aromatic nitrogens is 2. The van der Waals surface area contributed by atoms with Gasteiger partial charge in [-0.15, -0.1) is 11.3 Å². The molecule has 0 spiro atoms. The molecular weight excluding hydrogens is 330 g/mol. The summed E-state index contributed by atoms with van der Waals surface area (Å²) in [5.74, 6) is 0.235. The second-order valence-electron chi connectivity index (χ2n) is 4.14. The smallest absolute Gasteiger partial charge is 0.251 e. The second-order valence-corrected chi connectivity index (χ2v) is 6.91. The Morgan fingerprint density at radius 2 is 2.29 bits per heavy atom. The second kappa shape index (κ2) is 7.63. The van der Waals surface area contributed by atoms with E-state index in [1.54, 1.807) is 4.90 Å². The van der Waals surface area contributed by atoms with Gasteiger partial charge in [0, 0.05) is 23.7 Å². The number of nitrogens with zero attached hydrogens (tertiary/aromatic N) is 2. The zero-order valence-electron chi connectivity index (χ0n) is 11.3. The highest BCUT2D eigenvalue weighted by Crippen LogP contribution is 2.23. The van der Waals surface area contributed by atoms with Crippen LogP contribution in [-0.4, -0.2) is 33.1 Å². The fourth-order valence-electron chi connectivity index (χ4n) is 1.65. The van der Waals surface area contributed by atoms with Crippen molar-refractivity contribution in [3.05, 3.63) is 44.0 Å². The number of thiophene rings is 1. The molecule has 0 aliphatic heterocycles. The maximum Gasteiger partial charge on any atom is 0.251 e. The molecular formula is C13H14ClN3O2S2. The number of carbonyl (C=O) groups excluding carboxylic acids is 1. The summed E-state index contributed by atoms with van der Waals surface area (Å²) in [5.41, 5.74) is -0.222. The van der Waals surface area contributed by atoms with Gasteiger partial charge in [0.1, 0.15) is 0 Å². The van der Waals surface area contributed by atoms with Gasteiger partial charge in [0.25, 0.3) is 5.56 Å². The largest absolute Gasteiger partial charge is 0.337 e. The Balaban J connectivity index is 1.92. The number of hydrogen-bond acceptors (Lipinski definition) is 5. The lowest BCUT2D eigenvalue weighted by Crippen LogP contribution is -2.31. The fraction of sp³-hybridized carbons (Fsp3) is 0.308. The van der Waals surface area contributed by atoms with Crippen LogP contribution in [0.3, 0.4) is 0 Å². The molecule has 2 heterocycles. The molecule has 0 aromatic carbocycles. The number of aromatic amines is 1. The Hall–Kier alpha value is -1.31. The SMILES string of the molecule is CCN(Cc1ccc(Cl)s1)C(=O)CSc1nccc(=O)[nH]1. The molecule has 0 aliphatic carbocycles. The van der Waals surface area contributed by atoms with E-state index in [1.165, 1.54) is 35.4 Å². The molecule has 5 nitrogen and oxygen atoms in total. The van der Waals surface area contributed by atoms with Gasteiger partial charge in [-0.1, -0.05) is 23.4 Å². The van der Waals surface area contributed by atoms with E-state index in [0.29, 0.717) is 22.6 Å². The van der Waals surface area contributed by atoms with Crippen molar-refractivity contribution in [2.24, 2.45) is 0 Å². The van der Waals surface area contributed by atoms with Gasteiger partial charge >= 0.3 is 0 Å². The van der Waals surface area contributed by atoms with Gasteiger partial charge in [0.2, 0.25) is 5.91 Å². The van der Waals surface area contributed by atoms with Crippen molar-refractivity contribution in [1.29, 1.82) is 0 Å². The molecule has 0 fully saturated rings. The van der Waals surface area contributed by atoms with E-state index in [4.69, 9.17) is 11.6 Å². The summed E-state index contributed by atoms with van der Waals surface area (Å²) < 4.78 is 0.717. The van der Waals surface area contributed by atoms with Crippen LogP contribution in [0.15, 0.2) is 34.3 Å². The summed E-state index contributed by atoms with van der Waals surface area (Å²) in [7, 11) is 0. The lowest BCUT2D eigenvalue weighted by molar-refractivity contribution is -0.128. The van der Waals surface area contributed by atoms with Crippen molar-refractivity contribution >= 4 is 40.6 Å². The van der Waals surface area contributed by atoms with Crippen molar-refractivity contribution in [3.63, 3.8) is 0 Å². The molecule has 0 bridgehead atoms. The molecule has 1 N–H and O–H groups in total. The first-order valence-electron chi connectivity index (χ1n) is 6.28. The van der Waals surface area contributed by atoms with Crippen molar-refractivity contribution in [1.82, 2.24) is 14.9 Å². The van der Waals surface area contributed by atoms with Crippen molar-refractivity contribution < 1.29 is 4.79 Å². The van der Waals surface area contributed by atoms with E-state index < -0.39 is 0 Å². The third-order valence-corrected chi connectivity index (χ3v) is 4.78. The molecule has 0 atom stereocenters. The number of amides is 1. The molecule has 112 valence electrons. The van der Waals surface area contributed by atoms with Crippen molar-refractivity contribution in [2.75, 3.05) is 12.3 Å². The lowest BCUT2D eigenvalue weighted by atomic mass is 10.4. The van der Waals surface area contributed by atoms with Crippen LogP contribution in [0.1, 0.15) is 11.8 Å². The quantitative estimate of drug-likeness (QED) is 0.646. The number of halogens is 1. The van der Waals surface area contributed by atoms with E-state index in [-0.39, 0.29) is 17.2 Å². The topological polar surface area (TPSA) is 66.1 Å². The third kappa shape index (κ3) is 4.87. The molecule has 2 aromatic heterocycles. The molecule has 0 aliphatic rings. The Bertz CT molecular complexity index is 671. The number of rotatable bonds is 6. The third-order valence-electron chi connectivity index (χ3n) is 2.69. The highest BCUT2D eigenvalue weighted by atomic mass is 35.5. The molecule has 0 radical (unpaired) electrons. The zero-order chi connectivity index (χ0) is 15.2. The van der Waals surface area contributed by atoms with Crippen LogP contribution in [0, 0.1) is 0 Å². The predicted octanol–water partition coefficient (Wildman–Crippen LogP) is 2.63. The molecule has 0 unspecified atom stereocenters. The maximum absolute atomic E-state index is 12.2. The molecule has 21 heavy (non-hydrogen) atoms. The highest BCUT2D eigenvalue weighted by molar-refractivity contribution is 7.99. The Kier molecular flexibility index (Phi) is 5.84. The zero-order valence-corrected chi connectivity index (χ0v) is 13.7. The van der Waals surface area contributed by atoms with Gasteiger partial charge in [-0.25, -0.2) is 4.98 Å². The number of thioether (sulfide) groups is 1. The Morgan fingerprint density at radius 3 is 2.90 bits per heavy atom. The minimum Gasteiger partial charge on any atom is -0.337 e. The van der Waals surface area contributed by atoms with Crippen LogP contribution < -0.4 is 5.56 Å². The summed E-state index contributed by atoms with van der Waals surface area (Å²) in [6, 6.07) is 5.09. The highest BCUT2D eigenvalue weighted by Gasteiger charge is 2.14. The monoisotopic (exact) mass is 343 g/mol. The first-order valence-corrected chi connectivity index (χ1v) is 8.46. The van der Waals surface area contributed by atoms with E-state index >= 15 is 0 Å². The standard InChI is InChI=1S/C13H14ClN3O2S2/c1-2-17(7-9-3-4-10(14)21-9)12(19)8-20-13-15-6-5-11(18)16-13/h3-6H,2,7-8H2,1H3,(H,15,16,18). The number of hydrogen-bond donors (Lipinski definition) is 1. The molecule has 2 aromatic rings. The first kappa shape index (κ1) is 16.1. The molecule has 0 saturated heterocycles. The van der Waals surface area contributed by atoms with E-state index in [1.807, 2.05) is 19.1 Å². The normalized spacial score (nSPS) is 10.6. The number of nitrogens with one attached hydrogen (secondary N) is 1. The van der Waals surface area contributed by atoms with Crippen LogP contribution in [0.4, 0.5) is 0 Å². The van der Waals surface area contributed by atoms with Gasteiger partial charge in [-0.05, 0) is 19.1 Å². The van der Waals surface area contributed by atoms with Crippen LogP contribution in [0.2, 0.25) is 4.34 Å². The average Bonchev–Trinajstić information content (AvgIpc) is 2.87. The average molecular weight is 344 g/mol. The summed E-state index contributed by atoms with van der Waals surface area (Å²) >= 11 is 8.58.